The number of amides is 1. The highest BCUT2D eigenvalue weighted by Gasteiger charge is 2.13. The summed E-state index contributed by atoms with van der Waals surface area (Å²) in [6.07, 6.45) is 0. The Balaban J connectivity index is 2.50. The van der Waals surface area contributed by atoms with Crippen molar-refractivity contribution in [2.45, 2.75) is 0 Å². The van der Waals surface area contributed by atoms with Crippen LogP contribution < -0.4 is 11.4 Å². The molecule has 1 amide bonds. The van der Waals surface area contributed by atoms with Crippen LogP contribution in [0.15, 0.2) is 39.5 Å². The van der Waals surface area contributed by atoms with Gasteiger partial charge in [0.25, 0.3) is 5.91 Å². The van der Waals surface area contributed by atoms with Crippen LogP contribution in [0.25, 0.3) is 22.0 Å². The summed E-state index contributed by atoms with van der Waals surface area (Å²) in [5, 5.41) is 0.802. The van der Waals surface area contributed by atoms with Crippen LogP contribution in [0.2, 0.25) is 0 Å². The number of para-hydroxylation sites is 1. The number of carbonyl (C=O) groups is 1. The molecule has 0 aliphatic heterocycles. The van der Waals surface area contributed by atoms with Gasteiger partial charge in [-0.25, -0.2) is 4.79 Å². The zero-order chi connectivity index (χ0) is 12.0. The lowest BCUT2D eigenvalue weighted by Gasteiger charge is -1.93. The SMILES string of the molecule is NC(=O)c1cc2[nH]c3ccccc3c2oc1=O. The first-order chi connectivity index (χ1) is 8.16. The number of aromatic amines is 1. The van der Waals surface area contributed by atoms with E-state index in [1.54, 1.807) is 0 Å². The summed E-state index contributed by atoms with van der Waals surface area (Å²) < 4.78 is 5.12. The maximum Gasteiger partial charge on any atom is 0.349 e. The van der Waals surface area contributed by atoms with Crippen molar-refractivity contribution in [2.24, 2.45) is 5.73 Å². The van der Waals surface area contributed by atoms with E-state index < -0.39 is 11.5 Å². The molecule has 3 N–H and O–H groups in total. The van der Waals surface area contributed by atoms with Gasteiger partial charge < -0.3 is 15.1 Å². The number of primary amides is 1. The number of nitrogens with two attached hydrogens (primary N) is 1. The average Bonchev–Trinajstić information content (AvgIpc) is 2.65. The zero-order valence-electron chi connectivity index (χ0n) is 8.69. The molecule has 0 aliphatic carbocycles. The van der Waals surface area contributed by atoms with Gasteiger partial charge in [-0.1, -0.05) is 12.1 Å². The molecule has 0 fully saturated rings. The molecule has 5 heteroatoms. The molecule has 84 valence electrons. The molecular formula is C12H8N2O3. The van der Waals surface area contributed by atoms with Crippen LogP contribution in [0.5, 0.6) is 0 Å². The number of aromatic nitrogens is 1. The topological polar surface area (TPSA) is 89.1 Å². The normalized spacial score (nSPS) is 11.1. The number of hydrogen-bond donors (Lipinski definition) is 2. The summed E-state index contributed by atoms with van der Waals surface area (Å²) in [6.45, 7) is 0. The minimum atomic E-state index is -0.792. The minimum Gasteiger partial charge on any atom is -0.420 e. The first-order valence-corrected chi connectivity index (χ1v) is 5.01. The second kappa shape index (κ2) is 3.21. The van der Waals surface area contributed by atoms with Gasteiger partial charge in [-0.3, -0.25) is 4.79 Å². The third-order valence-electron chi connectivity index (χ3n) is 2.65. The summed E-state index contributed by atoms with van der Waals surface area (Å²) in [4.78, 5) is 25.6. The van der Waals surface area contributed by atoms with E-state index in [0.717, 1.165) is 10.9 Å². The summed E-state index contributed by atoms with van der Waals surface area (Å²) in [6, 6.07) is 8.83. The number of fused-ring (bicyclic) bond motifs is 3. The first kappa shape index (κ1) is 9.65. The lowest BCUT2D eigenvalue weighted by Crippen LogP contribution is -2.20. The zero-order valence-corrected chi connectivity index (χ0v) is 8.69. The van der Waals surface area contributed by atoms with Gasteiger partial charge in [0.05, 0.1) is 5.52 Å². The van der Waals surface area contributed by atoms with E-state index in [1.165, 1.54) is 6.07 Å². The molecule has 0 atom stereocenters. The van der Waals surface area contributed by atoms with Gasteiger partial charge in [-0.15, -0.1) is 0 Å². The molecule has 5 nitrogen and oxygen atoms in total. The molecule has 2 heterocycles. The molecule has 0 saturated carbocycles. The Hall–Kier alpha value is -2.56. The molecule has 17 heavy (non-hydrogen) atoms. The van der Waals surface area contributed by atoms with Crippen LogP contribution in [0.3, 0.4) is 0 Å². The Morgan fingerprint density at radius 1 is 1.24 bits per heavy atom. The van der Waals surface area contributed by atoms with Crippen molar-refractivity contribution in [3.63, 3.8) is 0 Å². The minimum absolute atomic E-state index is 0.149. The number of hydrogen-bond acceptors (Lipinski definition) is 3. The van der Waals surface area contributed by atoms with Crippen LogP contribution in [0, 0.1) is 0 Å². The van der Waals surface area contributed by atoms with Gasteiger partial charge in [0, 0.05) is 10.9 Å². The number of H-pyrrole nitrogens is 1. The predicted molar refractivity (Wildman–Crippen MR) is 62.9 cm³/mol. The van der Waals surface area contributed by atoms with E-state index in [-0.39, 0.29) is 5.56 Å². The van der Waals surface area contributed by atoms with Crippen molar-refractivity contribution in [3.8, 4) is 0 Å². The van der Waals surface area contributed by atoms with Crippen LogP contribution in [-0.4, -0.2) is 10.9 Å². The first-order valence-electron chi connectivity index (χ1n) is 5.01. The van der Waals surface area contributed by atoms with E-state index in [1.807, 2.05) is 24.3 Å². The molecule has 0 unspecified atom stereocenters. The van der Waals surface area contributed by atoms with Gasteiger partial charge in [0.2, 0.25) is 0 Å². The molecule has 0 spiro atoms. The fraction of sp³-hybridized carbons (Fsp3) is 0. The van der Waals surface area contributed by atoms with Crippen LogP contribution >= 0.6 is 0 Å². The van der Waals surface area contributed by atoms with Gasteiger partial charge in [-0.05, 0) is 18.2 Å². The molecule has 3 rings (SSSR count). The Morgan fingerprint density at radius 3 is 2.76 bits per heavy atom. The highest BCUT2D eigenvalue weighted by atomic mass is 16.4. The van der Waals surface area contributed by atoms with E-state index in [4.69, 9.17) is 10.2 Å². The van der Waals surface area contributed by atoms with Gasteiger partial charge in [0.1, 0.15) is 5.56 Å². The average molecular weight is 228 g/mol. The van der Waals surface area contributed by atoms with E-state index in [9.17, 15) is 9.59 Å². The Bertz CT molecular complexity index is 798. The van der Waals surface area contributed by atoms with Gasteiger partial charge in [0.15, 0.2) is 5.58 Å². The number of rotatable bonds is 1. The summed E-state index contributed by atoms with van der Waals surface area (Å²) in [7, 11) is 0. The molecular weight excluding hydrogens is 220 g/mol. The Kier molecular flexibility index (Phi) is 1.82. The lowest BCUT2D eigenvalue weighted by molar-refractivity contribution is 0.0997. The van der Waals surface area contributed by atoms with Crippen molar-refractivity contribution < 1.29 is 9.21 Å². The number of benzene rings is 1. The Morgan fingerprint density at radius 2 is 2.00 bits per heavy atom. The fourth-order valence-corrected chi connectivity index (χ4v) is 1.87. The standard InChI is InChI=1S/C12H8N2O3/c13-11(15)7-5-9-10(17-12(7)16)6-3-1-2-4-8(6)14-9/h1-5,14H,(H2,13,15). The largest absolute Gasteiger partial charge is 0.420 e. The van der Waals surface area contributed by atoms with Crippen LogP contribution in [0.4, 0.5) is 0 Å². The summed E-state index contributed by atoms with van der Waals surface area (Å²) in [5.74, 6) is -0.792. The number of nitrogens with one attached hydrogen (secondary N) is 1. The van der Waals surface area contributed by atoms with Crippen molar-refractivity contribution in [3.05, 3.63) is 46.3 Å². The summed E-state index contributed by atoms with van der Waals surface area (Å²) >= 11 is 0. The molecule has 3 aromatic rings. The van der Waals surface area contributed by atoms with E-state index >= 15 is 0 Å². The molecule has 0 aliphatic rings. The maximum atomic E-state index is 11.5. The smallest absolute Gasteiger partial charge is 0.349 e. The predicted octanol–water partition coefficient (Wildman–Crippen LogP) is 1.37. The van der Waals surface area contributed by atoms with Crippen molar-refractivity contribution in [1.29, 1.82) is 0 Å². The third kappa shape index (κ3) is 1.32. The lowest BCUT2D eigenvalue weighted by atomic mass is 10.2. The molecule has 0 radical (unpaired) electrons. The second-order valence-corrected chi connectivity index (χ2v) is 3.73. The fourth-order valence-electron chi connectivity index (χ4n) is 1.87. The van der Waals surface area contributed by atoms with Crippen molar-refractivity contribution in [2.75, 3.05) is 0 Å². The number of carbonyl (C=O) groups excluding carboxylic acids is 1. The van der Waals surface area contributed by atoms with Crippen molar-refractivity contribution >= 4 is 27.9 Å². The maximum absolute atomic E-state index is 11.5. The quantitative estimate of drug-likeness (QED) is 0.659. The molecule has 1 aromatic carbocycles. The Labute approximate surface area is 94.8 Å². The van der Waals surface area contributed by atoms with Gasteiger partial charge >= 0.3 is 5.63 Å². The van der Waals surface area contributed by atoms with Crippen molar-refractivity contribution in [1.82, 2.24) is 4.98 Å². The van der Waals surface area contributed by atoms with Gasteiger partial charge in [-0.2, -0.15) is 0 Å². The molecule has 0 saturated heterocycles. The second-order valence-electron chi connectivity index (χ2n) is 3.73. The highest BCUT2D eigenvalue weighted by molar-refractivity contribution is 6.05. The van der Waals surface area contributed by atoms with E-state index in [2.05, 4.69) is 4.98 Å². The van der Waals surface area contributed by atoms with Crippen LogP contribution in [0.1, 0.15) is 10.4 Å². The van der Waals surface area contributed by atoms with Crippen LogP contribution in [-0.2, 0) is 0 Å². The third-order valence-corrected chi connectivity index (χ3v) is 2.65. The molecule has 2 aromatic heterocycles. The molecule has 0 bridgehead atoms. The van der Waals surface area contributed by atoms with E-state index in [0.29, 0.717) is 11.1 Å². The summed E-state index contributed by atoms with van der Waals surface area (Å²) in [5.41, 5.74) is 6.09. The highest BCUT2D eigenvalue weighted by Crippen LogP contribution is 2.24. The monoisotopic (exact) mass is 228 g/mol.